The summed E-state index contributed by atoms with van der Waals surface area (Å²) in [5.41, 5.74) is -0.688. The predicted octanol–water partition coefficient (Wildman–Crippen LogP) is 2.58. The monoisotopic (exact) mass is 335 g/mol. The fourth-order valence-corrected chi connectivity index (χ4v) is 3.00. The average Bonchev–Trinajstić information content (AvgIpc) is 3.23. The van der Waals surface area contributed by atoms with Gasteiger partial charge in [0.2, 0.25) is 5.91 Å². The molecular weight excluding hydrogens is 313 g/mol. The average molecular weight is 335 g/mol. The first-order valence-electron chi connectivity index (χ1n) is 8.13. The van der Waals surface area contributed by atoms with E-state index in [4.69, 9.17) is 4.74 Å². The number of carbonyl (C=O) groups excluding carboxylic acids is 1. The summed E-state index contributed by atoms with van der Waals surface area (Å²) in [4.78, 5) is 25.0. The molecule has 0 atom stereocenters. The van der Waals surface area contributed by atoms with Crippen LogP contribution in [0, 0.1) is 11.2 Å². The molecule has 24 heavy (non-hydrogen) atoms. The smallest absolute Gasteiger partial charge is 0.319 e. The van der Waals surface area contributed by atoms with Crippen molar-refractivity contribution in [1.82, 2.24) is 4.90 Å². The Morgan fingerprint density at radius 2 is 1.92 bits per heavy atom. The van der Waals surface area contributed by atoms with Gasteiger partial charge in [-0.15, -0.1) is 0 Å². The summed E-state index contributed by atoms with van der Waals surface area (Å²) >= 11 is 0. The third kappa shape index (κ3) is 2.85. The maximum atomic E-state index is 13.5. The van der Waals surface area contributed by atoms with Crippen LogP contribution in [0.3, 0.4) is 0 Å². The summed E-state index contributed by atoms with van der Waals surface area (Å²) in [6.45, 7) is 6.68. The molecule has 1 aromatic carbocycles. The Morgan fingerprint density at radius 1 is 1.29 bits per heavy atom. The summed E-state index contributed by atoms with van der Waals surface area (Å²) in [5.74, 6) is -1.05. The molecule has 1 saturated heterocycles. The van der Waals surface area contributed by atoms with Gasteiger partial charge >= 0.3 is 5.97 Å². The molecule has 0 unspecified atom stereocenters. The van der Waals surface area contributed by atoms with Gasteiger partial charge < -0.3 is 14.7 Å². The molecule has 0 spiro atoms. The lowest BCUT2D eigenvalue weighted by molar-refractivity contribution is -0.158. The Labute approximate surface area is 140 Å². The number of ether oxygens (including phenoxy) is 1. The zero-order chi connectivity index (χ0) is 17.7. The standard InChI is InChI=1S/C18H22FNO4/c1-17(2,3)13-8-11(19)4-5-14(13)24-12-9-20(10-12)15(21)18(6-7-18)16(22)23/h4-5,8,12H,6-7,9-10H2,1-3H3,(H,22,23). The lowest BCUT2D eigenvalue weighted by atomic mass is 9.86. The van der Waals surface area contributed by atoms with Crippen LogP contribution in [0.25, 0.3) is 0 Å². The normalized spacial score (nSPS) is 19.6. The fraction of sp³-hybridized carbons (Fsp3) is 0.556. The van der Waals surface area contributed by atoms with Gasteiger partial charge in [-0.1, -0.05) is 20.8 Å². The molecule has 2 aliphatic rings. The van der Waals surface area contributed by atoms with Gasteiger partial charge in [0.05, 0.1) is 13.1 Å². The van der Waals surface area contributed by atoms with Gasteiger partial charge in [0, 0.05) is 5.56 Å². The number of rotatable bonds is 4. The van der Waals surface area contributed by atoms with Crippen LogP contribution in [0.4, 0.5) is 4.39 Å². The summed E-state index contributed by atoms with van der Waals surface area (Å²) < 4.78 is 19.5. The van der Waals surface area contributed by atoms with Crippen LogP contribution in [-0.2, 0) is 15.0 Å². The highest BCUT2D eigenvalue weighted by molar-refractivity contribution is 6.05. The molecule has 1 amide bonds. The number of carbonyl (C=O) groups is 2. The number of carboxylic acids is 1. The first-order chi connectivity index (χ1) is 11.1. The molecule has 1 heterocycles. The van der Waals surface area contributed by atoms with E-state index in [9.17, 15) is 19.1 Å². The molecule has 1 aliphatic heterocycles. The second-order valence-corrected chi connectivity index (χ2v) is 7.73. The number of hydrogen-bond acceptors (Lipinski definition) is 3. The van der Waals surface area contributed by atoms with Gasteiger partial charge in [-0.25, -0.2) is 4.39 Å². The van der Waals surface area contributed by atoms with Crippen molar-refractivity contribution in [2.45, 2.75) is 45.1 Å². The molecule has 6 heteroatoms. The largest absolute Gasteiger partial charge is 0.486 e. The molecule has 130 valence electrons. The van der Waals surface area contributed by atoms with Crippen LogP contribution in [0.5, 0.6) is 5.75 Å². The van der Waals surface area contributed by atoms with Crippen molar-refractivity contribution in [2.75, 3.05) is 13.1 Å². The molecular formula is C18H22FNO4. The molecule has 5 nitrogen and oxygen atoms in total. The summed E-state index contributed by atoms with van der Waals surface area (Å²) in [6.07, 6.45) is 0.634. The number of hydrogen-bond donors (Lipinski definition) is 1. The number of halogens is 1. The molecule has 3 rings (SSSR count). The van der Waals surface area contributed by atoms with E-state index in [0.717, 1.165) is 5.56 Å². The molecule has 1 aromatic rings. The summed E-state index contributed by atoms with van der Waals surface area (Å²) in [6, 6.07) is 4.44. The Kier molecular flexibility index (Phi) is 3.81. The van der Waals surface area contributed by atoms with E-state index in [1.807, 2.05) is 20.8 Å². The Morgan fingerprint density at radius 3 is 2.42 bits per heavy atom. The fourth-order valence-electron chi connectivity index (χ4n) is 3.00. The number of aliphatic carboxylic acids is 1. The van der Waals surface area contributed by atoms with Crippen LogP contribution < -0.4 is 4.74 Å². The molecule has 1 N–H and O–H groups in total. The molecule has 2 fully saturated rings. The Hall–Kier alpha value is -2.11. The van der Waals surface area contributed by atoms with E-state index in [0.29, 0.717) is 31.7 Å². The van der Waals surface area contributed by atoms with Crippen molar-refractivity contribution in [2.24, 2.45) is 5.41 Å². The quantitative estimate of drug-likeness (QED) is 0.859. The van der Waals surface area contributed by atoms with E-state index >= 15 is 0 Å². The highest BCUT2D eigenvalue weighted by Crippen LogP contribution is 2.48. The minimum atomic E-state index is -1.20. The number of carboxylic acid groups (broad SMARTS) is 1. The summed E-state index contributed by atoms with van der Waals surface area (Å²) in [7, 11) is 0. The molecule has 0 radical (unpaired) electrons. The number of benzene rings is 1. The van der Waals surface area contributed by atoms with Gasteiger partial charge in [-0.3, -0.25) is 9.59 Å². The van der Waals surface area contributed by atoms with E-state index in [2.05, 4.69) is 0 Å². The SMILES string of the molecule is CC(C)(C)c1cc(F)ccc1OC1CN(C(=O)C2(C(=O)O)CC2)C1. The third-order valence-corrected chi connectivity index (χ3v) is 4.75. The first-order valence-corrected chi connectivity index (χ1v) is 8.13. The summed E-state index contributed by atoms with van der Waals surface area (Å²) in [5, 5.41) is 9.18. The maximum absolute atomic E-state index is 13.5. The lowest BCUT2D eigenvalue weighted by Crippen LogP contribution is -2.59. The predicted molar refractivity (Wildman–Crippen MR) is 85.4 cm³/mol. The Balaban J connectivity index is 1.64. The first kappa shape index (κ1) is 16.7. The van der Waals surface area contributed by atoms with E-state index in [-0.39, 0.29) is 23.2 Å². The van der Waals surface area contributed by atoms with Crippen molar-refractivity contribution in [1.29, 1.82) is 0 Å². The maximum Gasteiger partial charge on any atom is 0.319 e. The van der Waals surface area contributed by atoms with Crippen molar-refractivity contribution >= 4 is 11.9 Å². The molecule has 1 aliphatic carbocycles. The van der Waals surface area contributed by atoms with E-state index in [1.165, 1.54) is 17.0 Å². The van der Waals surface area contributed by atoms with Gasteiger partial charge in [-0.2, -0.15) is 0 Å². The highest BCUT2D eigenvalue weighted by atomic mass is 19.1. The van der Waals surface area contributed by atoms with Crippen LogP contribution in [0.2, 0.25) is 0 Å². The molecule has 0 bridgehead atoms. The number of likely N-dealkylation sites (tertiary alicyclic amines) is 1. The molecule has 0 aromatic heterocycles. The van der Waals surface area contributed by atoms with Crippen LogP contribution in [0.1, 0.15) is 39.2 Å². The van der Waals surface area contributed by atoms with Crippen LogP contribution in [0.15, 0.2) is 18.2 Å². The number of nitrogens with zero attached hydrogens (tertiary/aromatic N) is 1. The second-order valence-electron chi connectivity index (χ2n) is 7.73. The zero-order valence-electron chi connectivity index (χ0n) is 14.1. The third-order valence-electron chi connectivity index (χ3n) is 4.75. The Bertz CT molecular complexity index is 685. The zero-order valence-corrected chi connectivity index (χ0v) is 14.1. The van der Waals surface area contributed by atoms with Crippen LogP contribution in [-0.4, -0.2) is 41.1 Å². The van der Waals surface area contributed by atoms with E-state index < -0.39 is 11.4 Å². The second kappa shape index (κ2) is 5.46. The van der Waals surface area contributed by atoms with Crippen molar-refractivity contribution in [3.05, 3.63) is 29.6 Å². The van der Waals surface area contributed by atoms with Gasteiger partial charge in [-0.05, 0) is 36.5 Å². The van der Waals surface area contributed by atoms with E-state index in [1.54, 1.807) is 6.07 Å². The molecule has 1 saturated carbocycles. The minimum absolute atomic E-state index is 0.190. The van der Waals surface area contributed by atoms with Gasteiger partial charge in [0.25, 0.3) is 0 Å². The number of amides is 1. The van der Waals surface area contributed by atoms with Crippen molar-refractivity contribution in [3.8, 4) is 5.75 Å². The van der Waals surface area contributed by atoms with Crippen molar-refractivity contribution < 1.29 is 23.8 Å². The van der Waals surface area contributed by atoms with Crippen molar-refractivity contribution in [3.63, 3.8) is 0 Å². The topological polar surface area (TPSA) is 66.8 Å². The van der Waals surface area contributed by atoms with Gasteiger partial charge in [0.15, 0.2) is 0 Å². The highest BCUT2D eigenvalue weighted by Gasteiger charge is 2.60. The lowest BCUT2D eigenvalue weighted by Gasteiger charge is -2.41. The minimum Gasteiger partial charge on any atom is -0.486 e. The van der Waals surface area contributed by atoms with Gasteiger partial charge in [0.1, 0.15) is 23.1 Å². The van der Waals surface area contributed by atoms with Crippen LogP contribution >= 0.6 is 0 Å².